The van der Waals surface area contributed by atoms with Crippen LogP contribution in [0.5, 0.6) is 11.5 Å². The second-order valence-electron chi connectivity index (χ2n) is 5.39. The maximum absolute atomic E-state index is 11.8. The van der Waals surface area contributed by atoms with Gasteiger partial charge in [0.2, 0.25) is 0 Å². The van der Waals surface area contributed by atoms with Crippen molar-refractivity contribution in [2.75, 3.05) is 21.3 Å². The van der Waals surface area contributed by atoms with Gasteiger partial charge >= 0.3 is 5.97 Å². The fourth-order valence-electron chi connectivity index (χ4n) is 2.56. The monoisotopic (exact) mass is 329 g/mol. The fraction of sp³-hybridized carbons (Fsp3) is 0.316. The summed E-state index contributed by atoms with van der Waals surface area (Å²) < 4.78 is 15.4. The minimum atomic E-state index is -0.403. The highest BCUT2D eigenvalue weighted by molar-refractivity contribution is 5.92. The largest absolute Gasteiger partial charge is 0.497 e. The highest BCUT2D eigenvalue weighted by Gasteiger charge is 2.15. The number of benzene rings is 2. The van der Waals surface area contributed by atoms with Crippen LogP contribution in [0.25, 0.3) is 0 Å². The average Bonchev–Trinajstić information content (AvgIpc) is 2.61. The lowest BCUT2D eigenvalue weighted by Crippen LogP contribution is -2.15. The van der Waals surface area contributed by atoms with Crippen LogP contribution < -0.4 is 14.8 Å². The number of nitrogens with one attached hydrogen (secondary N) is 1. The molecule has 0 aromatic heterocycles. The van der Waals surface area contributed by atoms with E-state index in [0.717, 1.165) is 16.9 Å². The summed E-state index contributed by atoms with van der Waals surface area (Å²) in [5, 5.41) is 3.38. The Morgan fingerprint density at radius 2 is 1.75 bits per heavy atom. The Morgan fingerprint density at radius 1 is 1.00 bits per heavy atom. The Kier molecular flexibility index (Phi) is 6.21. The van der Waals surface area contributed by atoms with E-state index in [4.69, 9.17) is 14.2 Å². The quantitative estimate of drug-likeness (QED) is 0.791. The van der Waals surface area contributed by atoms with Gasteiger partial charge in [-0.05, 0) is 36.2 Å². The van der Waals surface area contributed by atoms with Gasteiger partial charge in [0.25, 0.3) is 0 Å². The number of para-hydroxylation sites is 1. The van der Waals surface area contributed by atoms with Crippen LogP contribution in [-0.2, 0) is 17.8 Å². The average molecular weight is 329 g/mol. The molecule has 0 aliphatic rings. The number of carbonyl (C=O) groups excluding carboxylic acids is 1. The number of esters is 1. The molecule has 2 rings (SSSR count). The third-order valence-electron chi connectivity index (χ3n) is 3.89. The smallest absolute Gasteiger partial charge is 0.341 e. The van der Waals surface area contributed by atoms with Gasteiger partial charge in [0, 0.05) is 18.7 Å². The molecule has 5 nitrogen and oxygen atoms in total. The molecule has 0 aliphatic carbocycles. The SMILES string of the molecule is COC(=O)c1cccc(CNCc2ccc(OC)cc2C)c1OC. The zero-order valence-electron chi connectivity index (χ0n) is 14.5. The number of ether oxygens (including phenoxy) is 3. The van der Waals surface area contributed by atoms with Gasteiger partial charge in [-0.3, -0.25) is 0 Å². The Hall–Kier alpha value is -2.53. The van der Waals surface area contributed by atoms with Crippen molar-refractivity contribution < 1.29 is 19.0 Å². The summed E-state index contributed by atoms with van der Waals surface area (Å²) in [6, 6.07) is 11.5. The van der Waals surface area contributed by atoms with Crippen molar-refractivity contribution in [3.8, 4) is 11.5 Å². The molecule has 5 heteroatoms. The molecule has 0 aliphatic heterocycles. The molecule has 0 fully saturated rings. The Balaban J connectivity index is 2.08. The summed E-state index contributed by atoms with van der Waals surface area (Å²) in [7, 11) is 4.57. The Morgan fingerprint density at radius 3 is 2.38 bits per heavy atom. The second kappa shape index (κ2) is 8.36. The predicted octanol–water partition coefficient (Wildman–Crippen LogP) is 3.09. The van der Waals surface area contributed by atoms with Crippen molar-refractivity contribution >= 4 is 5.97 Å². The first-order valence-corrected chi connectivity index (χ1v) is 7.69. The third kappa shape index (κ3) is 4.06. The van der Waals surface area contributed by atoms with Crippen molar-refractivity contribution in [2.45, 2.75) is 20.0 Å². The number of aryl methyl sites for hydroxylation is 1. The molecule has 0 radical (unpaired) electrons. The highest BCUT2D eigenvalue weighted by atomic mass is 16.5. The highest BCUT2D eigenvalue weighted by Crippen LogP contribution is 2.25. The van der Waals surface area contributed by atoms with Crippen molar-refractivity contribution in [1.82, 2.24) is 5.32 Å². The van der Waals surface area contributed by atoms with E-state index in [2.05, 4.69) is 12.2 Å². The Bertz CT molecular complexity index is 713. The van der Waals surface area contributed by atoms with Crippen molar-refractivity contribution in [3.05, 3.63) is 58.7 Å². The summed E-state index contributed by atoms with van der Waals surface area (Å²) in [6.45, 7) is 3.35. The first-order chi connectivity index (χ1) is 11.6. The maximum Gasteiger partial charge on any atom is 0.341 e. The number of methoxy groups -OCH3 is 3. The molecule has 0 heterocycles. The van der Waals surface area contributed by atoms with Crippen molar-refractivity contribution in [1.29, 1.82) is 0 Å². The van der Waals surface area contributed by atoms with Gasteiger partial charge in [0.05, 0.1) is 21.3 Å². The van der Waals surface area contributed by atoms with Crippen molar-refractivity contribution in [2.24, 2.45) is 0 Å². The van der Waals surface area contributed by atoms with E-state index in [1.165, 1.54) is 12.7 Å². The molecule has 0 unspecified atom stereocenters. The van der Waals surface area contributed by atoms with E-state index in [9.17, 15) is 4.79 Å². The molecular formula is C19H23NO4. The van der Waals surface area contributed by atoms with Gasteiger partial charge in [0.15, 0.2) is 0 Å². The molecule has 128 valence electrons. The van der Waals surface area contributed by atoms with E-state index >= 15 is 0 Å². The summed E-state index contributed by atoms with van der Waals surface area (Å²) in [5.74, 6) is 0.992. The molecule has 2 aromatic rings. The van der Waals surface area contributed by atoms with Crippen molar-refractivity contribution in [3.63, 3.8) is 0 Å². The molecular weight excluding hydrogens is 306 g/mol. The number of hydrogen-bond acceptors (Lipinski definition) is 5. The zero-order chi connectivity index (χ0) is 17.5. The van der Waals surface area contributed by atoms with Gasteiger partial charge in [0.1, 0.15) is 17.1 Å². The number of carbonyl (C=O) groups is 1. The van der Waals surface area contributed by atoms with Crippen LogP contribution in [0.1, 0.15) is 27.0 Å². The lowest BCUT2D eigenvalue weighted by molar-refractivity contribution is 0.0597. The van der Waals surface area contributed by atoms with E-state index < -0.39 is 5.97 Å². The normalized spacial score (nSPS) is 10.3. The molecule has 0 bridgehead atoms. The van der Waals surface area contributed by atoms with Crippen LogP contribution in [0.3, 0.4) is 0 Å². The fourth-order valence-corrected chi connectivity index (χ4v) is 2.56. The summed E-state index contributed by atoms with van der Waals surface area (Å²) in [5.41, 5.74) is 3.70. The van der Waals surface area contributed by atoms with Crippen LogP contribution in [0, 0.1) is 6.92 Å². The molecule has 0 amide bonds. The zero-order valence-corrected chi connectivity index (χ0v) is 14.5. The summed E-state index contributed by atoms with van der Waals surface area (Å²) >= 11 is 0. The topological polar surface area (TPSA) is 56.8 Å². The minimum absolute atomic E-state index is 0.403. The molecule has 24 heavy (non-hydrogen) atoms. The molecule has 0 atom stereocenters. The maximum atomic E-state index is 11.8. The molecule has 0 saturated carbocycles. The number of rotatable bonds is 7. The van der Waals surface area contributed by atoms with Gasteiger partial charge in [-0.15, -0.1) is 0 Å². The van der Waals surface area contributed by atoms with Gasteiger partial charge in [-0.1, -0.05) is 18.2 Å². The lowest BCUT2D eigenvalue weighted by Gasteiger charge is -2.14. The molecule has 0 spiro atoms. The van der Waals surface area contributed by atoms with E-state index in [1.54, 1.807) is 20.3 Å². The van der Waals surface area contributed by atoms with Crippen LogP contribution >= 0.6 is 0 Å². The van der Waals surface area contributed by atoms with E-state index in [1.807, 2.05) is 30.3 Å². The first kappa shape index (κ1) is 17.8. The van der Waals surface area contributed by atoms with E-state index in [-0.39, 0.29) is 0 Å². The van der Waals surface area contributed by atoms with Crippen LogP contribution in [-0.4, -0.2) is 27.3 Å². The van der Waals surface area contributed by atoms with E-state index in [0.29, 0.717) is 24.4 Å². The first-order valence-electron chi connectivity index (χ1n) is 7.69. The van der Waals surface area contributed by atoms with Gasteiger partial charge in [-0.2, -0.15) is 0 Å². The molecule has 0 saturated heterocycles. The number of hydrogen-bond donors (Lipinski definition) is 1. The van der Waals surface area contributed by atoms with Gasteiger partial charge in [-0.25, -0.2) is 4.79 Å². The van der Waals surface area contributed by atoms with Crippen LogP contribution in [0.2, 0.25) is 0 Å². The predicted molar refractivity (Wildman–Crippen MR) is 92.6 cm³/mol. The van der Waals surface area contributed by atoms with Crippen LogP contribution in [0.4, 0.5) is 0 Å². The van der Waals surface area contributed by atoms with Gasteiger partial charge < -0.3 is 19.5 Å². The minimum Gasteiger partial charge on any atom is -0.497 e. The third-order valence-corrected chi connectivity index (χ3v) is 3.89. The summed E-state index contributed by atoms with van der Waals surface area (Å²) in [4.78, 5) is 11.8. The Labute approximate surface area is 142 Å². The standard InChI is InChI=1S/C19H23NO4/c1-13-10-16(22-2)9-8-14(13)11-20-12-15-6-5-7-17(18(15)23-3)19(21)24-4/h5-10,20H,11-12H2,1-4H3. The second-order valence-corrected chi connectivity index (χ2v) is 5.39. The lowest BCUT2D eigenvalue weighted by atomic mass is 10.1. The summed E-state index contributed by atoms with van der Waals surface area (Å²) in [6.07, 6.45) is 0. The molecule has 1 N–H and O–H groups in total. The molecule has 2 aromatic carbocycles. The van der Waals surface area contributed by atoms with Crippen LogP contribution in [0.15, 0.2) is 36.4 Å².